The van der Waals surface area contributed by atoms with Crippen LogP contribution in [0, 0.1) is 4.77 Å². The summed E-state index contributed by atoms with van der Waals surface area (Å²) in [4.78, 5) is 12.4. The summed E-state index contributed by atoms with van der Waals surface area (Å²) in [5.41, 5.74) is 1.17. The zero-order valence-electron chi connectivity index (χ0n) is 14.4. The average Bonchev–Trinajstić information content (AvgIpc) is 3.02. The highest BCUT2D eigenvalue weighted by atomic mass is 35.5. The molecule has 1 aromatic heterocycles. The molecule has 2 N–H and O–H groups in total. The Hall–Kier alpha value is -2.78. The zero-order chi connectivity index (χ0) is 20.1. The predicted molar refractivity (Wildman–Crippen MR) is 103 cm³/mol. The molecule has 0 bridgehead atoms. The normalized spacial score (nSPS) is 10.9. The molecule has 0 radical (unpaired) electrons. The molecule has 0 saturated carbocycles. The van der Waals surface area contributed by atoms with E-state index in [0.717, 1.165) is 5.56 Å². The molecule has 1 amide bonds. The number of hydrogen-bond acceptors (Lipinski definition) is 4. The van der Waals surface area contributed by atoms with Crippen LogP contribution in [-0.2, 0) is 17.9 Å². The Morgan fingerprint density at radius 1 is 1.25 bits per heavy atom. The molecule has 6 nitrogen and oxygen atoms in total. The molecule has 28 heavy (non-hydrogen) atoms. The lowest BCUT2D eigenvalue weighted by molar-refractivity contribution is -0.121. The van der Waals surface area contributed by atoms with Crippen LogP contribution in [0.2, 0.25) is 5.02 Å². The Balaban J connectivity index is 1.71. The van der Waals surface area contributed by atoms with E-state index in [0.29, 0.717) is 16.4 Å². The Morgan fingerprint density at radius 2 is 1.96 bits per heavy atom. The molecule has 0 fully saturated rings. The maximum atomic E-state index is 12.5. The van der Waals surface area contributed by atoms with E-state index in [2.05, 4.69) is 20.3 Å². The lowest BCUT2D eigenvalue weighted by Gasteiger charge is -2.12. The van der Waals surface area contributed by atoms with Gasteiger partial charge in [0.25, 0.3) is 0 Å². The molecule has 2 aromatic carbocycles. The molecule has 10 heteroatoms. The summed E-state index contributed by atoms with van der Waals surface area (Å²) >= 11 is 11.1. The second kappa shape index (κ2) is 8.94. The topological polar surface area (TPSA) is 71.9 Å². The number of alkyl halides is 2. The van der Waals surface area contributed by atoms with Gasteiger partial charge in [0.05, 0.1) is 0 Å². The smallest absolute Gasteiger partial charge is 0.387 e. The van der Waals surface area contributed by atoms with Gasteiger partial charge in [0.2, 0.25) is 5.91 Å². The molecule has 1 heterocycles. The van der Waals surface area contributed by atoms with E-state index < -0.39 is 6.61 Å². The molecule has 3 aromatic rings. The number of halogens is 3. The highest BCUT2D eigenvalue weighted by Crippen LogP contribution is 2.21. The lowest BCUT2D eigenvalue weighted by Crippen LogP contribution is -2.27. The average molecular weight is 425 g/mol. The first kappa shape index (κ1) is 20.0. The number of aromatic nitrogens is 3. The molecule has 0 unspecified atom stereocenters. The van der Waals surface area contributed by atoms with Gasteiger partial charge in [-0.15, -0.1) is 0 Å². The summed E-state index contributed by atoms with van der Waals surface area (Å²) in [7, 11) is 0. The Bertz CT molecular complexity index is 1020. The van der Waals surface area contributed by atoms with Gasteiger partial charge in [0.15, 0.2) is 10.6 Å². The van der Waals surface area contributed by atoms with Crippen molar-refractivity contribution >= 4 is 29.7 Å². The number of carbonyl (C=O) groups is 1. The Labute approximate surface area is 169 Å². The van der Waals surface area contributed by atoms with Crippen LogP contribution in [0.15, 0.2) is 48.5 Å². The first-order chi connectivity index (χ1) is 13.4. The molecule has 3 rings (SSSR count). The van der Waals surface area contributed by atoms with Crippen molar-refractivity contribution in [2.24, 2.45) is 0 Å². The van der Waals surface area contributed by atoms with E-state index >= 15 is 0 Å². The number of H-pyrrole nitrogens is 1. The van der Waals surface area contributed by atoms with E-state index in [9.17, 15) is 13.6 Å². The number of para-hydroxylation sites is 1. The van der Waals surface area contributed by atoms with E-state index in [1.807, 2.05) is 0 Å². The highest BCUT2D eigenvalue weighted by molar-refractivity contribution is 7.71. The van der Waals surface area contributed by atoms with Gasteiger partial charge in [-0.25, -0.2) is 0 Å². The Kier molecular flexibility index (Phi) is 6.37. The number of carbonyl (C=O) groups excluding carboxylic acids is 1. The van der Waals surface area contributed by atoms with Gasteiger partial charge in [-0.2, -0.15) is 13.9 Å². The van der Waals surface area contributed by atoms with Crippen molar-refractivity contribution in [1.82, 2.24) is 20.1 Å². The molecule has 0 spiro atoms. The number of aromatic amines is 1. The predicted octanol–water partition coefficient (Wildman–Crippen LogP) is 4.18. The van der Waals surface area contributed by atoms with Crippen molar-refractivity contribution in [3.63, 3.8) is 0 Å². The monoisotopic (exact) mass is 424 g/mol. The van der Waals surface area contributed by atoms with Crippen molar-refractivity contribution < 1.29 is 18.3 Å². The lowest BCUT2D eigenvalue weighted by atomic mass is 10.2. The van der Waals surface area contributed by atoms with Crippen LogP contribution in [0.4, 0.5) is 8.78 Å². The molecule has 0 aliphatic heterocycles. The van der Waals surface area contributed by atoms with Gasteiger partial charge in [-0.3, -0.25) is 14.5 Å². The maximum Gasteiger partial charge on any atom is 0.387 e. The number of ether oxygens (including phenoxy) is 1. The number of nitrogens with one attached hydrogen (secondary N) is 2. The quantitative estimate of drug-likeness (QED) is 0.558. The van der Waals surface area contributed by atoms with Crippen molar-refractivity contribution in [3.8, 4) is 17.1 Å². The fourth-order valence-corrected chi connectivity index (χ4v) is 2.86. The van der Waals surface area contributed by atoms with Gasteiger partial charge in [0, 0.05) is 22.7 Å². The van der Waals surface area contributed by atoms with E-state index in [1.165, 1.54) is 10.6 Å². The number of hydrogen-bond donors (Lipinski definition) is 2. The van der Waals surface area contributed by atoms with E-state index in [4.69, 9.17) is 23.8 Å². The van der Waals surface area contributed by atoms with Gasteiger partial charge >= 0.3 is 6.61 Å². The summed E-state index contributed by atoms with van der Waals surface area (Å²) < 4.78 is 31.2. The van der Waals surface area contributed by atoms with Crippen molar-refractivity contribution in [3.05, 3.63) is 63.9 Å². The van der Waals surface area contributed by atoms with Crippen molar-refractivity contribution in [1.29, 1.82) is 0 Å². The second-order valence-electron chi connectivity index (χ2n) is 5.71. The van der Waals surface area contributed by atoms with Crippen LogP contribution in [0.5, 0.6) is 5.75 Å². The summed E-state index contributed by atoms with van der Waals surface area (Å²) in [6.45, 7) is -3.00. The fraction of sp³-hybridized carbons (Fsp3) is 0.167. The summed E-state index contributed by atoms with van der Waals surface area (Å²) in [5, 5.41) is 10.1. The third-order valence-corrected chi connectivity index (χ3v) is 4.39. The van der Waals surface area contributed by atoms with Crippen LogP contribution in [0.25, 0.3) is 11.4 Å². The third-order valence-electron chi connectivity index (χ3n) is 3.83. The SMILES string of the molecule is O=C(Cn1c(-c2ccc(Cl)cc2)n[nH]c1=S)NCc1ccccc1OC(F)F. The summed E-state index contributed by atoms with van der Waals surface area (Å²) in [6, 6.07) is 13.2. The van der Waals surface area contributed by atoms with Gasteiger partial charge in [-0.05, 0) is 42.5 Å². The molecular formula is C18H15ClF2N4O2S. The van der Waals surface area contributed by atoms with E-state index in [1.54, 1.807) is 42.5 Å². The first-order valence-corrected chi connectivity index (χ1v) is 8.93. The largest absolute Gasteiger partial charge is 0.434 e. The highest BCUT2D eigenvalue weighted by Gasteiger charge is 2.14. The minimum Gasteiger partial charge on any atom is -0.434 e. The van der Waals surface area contributed by atoms with Crippen LogP contribution in [0.1, 0.15) is 5.56 Å². The fourth-order valence-electron chi connectivity index (χ4n) is 2.54. The number of benzene rings is 2. The Morgan fingerprint density at radius 3 is 2.68 bits per heavy atom. The first-order valence-electron chi connectivity index (χ1n) is 8.14. The second-order valence-corrected chi connectivity index (χ2v) is 6.53. The summed E-state index contributed by atoms with van der Waals surface area (Å²) in [5.74, 6) is 0.136. The summed E-state index contributed by atoms with van der Waals surface area (Å²) in [6.07, 6.45) is 0. The molecule has 0 saturated heterocycles. The van der Waals surface area contributed by atoms with Crippen LogP contribution < -0.4 is 10.1 Å². The molecule has 0 aliphatic carbocycles. The van der Waals surface area contributed by atoms with Crippen molar-refractivity contribution in [2.75, 3.05) is 0 Å². The number of amides is 1. The van der Waals surface area contributed by atoms with Crippen LogP contribution in [0.3, 0.4) is 0 Å². The van der Waals surface area contributed by atoms with Crippen molar-refractivity contribution in [2.45, 2.75) is 19.7 Å². The number of nitrogens with zero attached hydrogens (tertiary/aromatic N) is 2. The van der Waals surface area contributed by atoms with Crippen LogP contribution in [-0.4, -0.2) is 27.3 Å². The molecule has 146 valence electrons. The van der Waals surface area contributed by atoms with Gasteiger partial charge in [-0.1, -0.05) is 29.8 Å². The van der Waals surface area contributed by atoms with Crippen LogP contribution >= 0.6 is 23.8 Å². The maximum absolute atomic E-state index is 12.5. The minimum absolute atomic E-state index is 0.0135. The standard InChI is InChI=1S/C18H15ClF2N4O2S/c19-13-7-5-11(6-8-13)16-23-24-18(28)25(16)10-15(26)22-9-12-3-1-2-4-14(12)27-17(20)21/h1-8,17H,9-10H2,(H,22,26)(H,24,28). The molecule has 0 aliphatic rings. The van der Waals surface area contributed by atoms with Gasteiger partial charge < -0.3 is 10.1 Å². The zero-order valence-corrected chi connectivity index (χ0v) is 15.9. The minimum atomic E-state index is -2.94. The number of rotatable bonds is 7. The molecular weight excluding hydrogens is 410 g/mol. The molecule has 0 atom stereocenters. The van der Waals surface area contributed by atoms with E-state index in [-0.39, 0.29) is 29.5 Å². The third kappa shape index (κ3) is 4.93. The van der Waals surface area contributed by atoms with Gasteiger partial charge in [0.1, 0.15) is 12.3 Å².